The van der Waals surface area contributed by atoms with Gasteiger partial charge in [-0.25, -0.2) is 0 Å². The molecule has 0 radical (unpaired) electrons. The van der Waals surface area contributed by atoms with Crippen molar-refractivity contribution >= 4 is 0 Å². The van der Waals surface area contributed by atoms with Crippen LogP contribution in [-0.4, -0.2) is 52.5 Å². The molecule has 228 valence electrons. The summed E-state index contributed by atoms with van der Waals surface area (Å²) in [6.07, 6.45) is -8.59. The first kappa shape index (κ1) is 30.5. The second-order valence-corrected chi connectivity index (χ2v) is 10.6. The summed E-state index contributed by atoms with van der Waals surface area (Å²) in [6, 6.07) is 10.1. The van der Waals surface area contributed by atoms with Crippen molar-refractivity contribution in [2.24, 2.45) is 0 Å². The molecule has 3 unspecified atom stereocenters. The van der Waals surface area contributed by atoms with Gasteiger partial charge in [0.2, 0.25) is 5.89 Å². The average molecular weight is 599 g/mol. The number of hydrogen-bond acceptors (Lipinski definition) is 7. The molecule has 0 N–H and O–H groups in total. The number of benzene rings is 2. The Bertz CT molecular complexity index is 1280. The molecular formula is C29H32F6N4O3. The maximum absolute atomic E-state index is 13.5. The van der Waals surface area contributed by atoms with Crippen LogP contribution in [0.1, 0.15) is 72.3 Å². The number of nitrogens with zero attached hydrogens (tertiary/aromatic N) is 4. The third kappa shape index (κ3) is 7.49. The maximum atomic E-state index is 13.5. The molecule has 7 nitrogen and oxygen atoms in total. The Morgan fingerprint density at radius 3 is 2.21 bits per heavy atom. The minimum absolute atomic E-state index is 0.103. The highest BCUT2D eigenvalue weighted by Gasteiger charge is 2.39. The molecule has 5 rings (SSSR count). The van der Waals surface area contributed by atoms with Gasteiger partial charge in [0.15, 0.2) is 12.1 Å². The monoisotopic (exact) mass is 598 g/mol. The number of likely N-dealkylation sites (tertiary alicyclic amines) is 1. The molecule has 0 saturated carbocycles. The molecule has 0 amide bonds. The van der Waals surface area contributed by atoms with Crippen molar-refractivity contribution in [1.82, 2.24) is 19.9 Å². The van der Waals surface area contributed by atoms with Crippen molar-refractivity contribution < 1.29 is 40.3 Å². The molecule has 2 saturated heterocycles. The Hall–Kier alpha value is -3.00. The lowest BCUT2D eigenvalue weighted by molar-refractivity contribution is -0.231. The van der Waals surface area contributed by atoms with E-state index in [2.05, 4.69) is 15.0 Å². The molecule has 2 aliphatic rings. The molecule has 1 aromatic heterocycles. The molecule has 3 atom stereocenters. The van der Waals surface area contributed by atoms with Crippen LogP contribution in [0.25, 0.3) is 0 Å². The van der Waals surface area contributed by atoms with E-state index in [1.54, 1.807) is 0 Å². The summed E-state index contributed by atoms with van der Waals surface area (Å²) in [4.78, 5) is 8.85. The molecule has 0 bridgehead atoms. The number of ether oxygens (including phenoxy) is 2. The maximum Gasteiger partial charge on any atom is 0.416 e. The quantitative estimate of drug-likeness (QED) is 0.265. The van der Waals surface area contributed by atoms with E-state index in [4.69, 9.17) is 14.0 Å². The highest BCUT2D eigenvalue weighted by molar-refractivity contribution is 5.34. The lowest BCUT2D eigenvalue weighted by atomic mass is 10.0. The molecule has 42 heavy (non-hydrogen) atoms. The third-order valence-corrected chi connectivity index (χ3v) is 7.53. The van der Waals surface area contributed by atoms with Gasteiger partial charge in [-0.3, -0.25) is 9.80 Å². The van der Waals surface area contributed by atoms with Gasteiger partial charge in [-0.2, -0.15) is 31.3 Å². The lowest BCUT2D eigenvalue weighted by Gasteiger charge is -2.41. The summed E-state index contributed by atoms with van der Waals surface area (Å²) in [7, 11) is 0. The van der Waals surface area contributed by atoms with Crippen LogP contribution in [0.2, 0.25) is 0 Å². The van der Waals surface area contributed by atoms with Crippen molar-refractivity contribution in [3.05, 3.63) is 82.5 Å². The van der Waals surface area contributed by atoms with Crippen LogP contribution in [-0.2, 0) is 34.9 Å². The van der Waals surface area contributed by atoms with Crippen LogP contribution in [0.15, 0.2) is 53.1 Å². The zero-order valence-corrected chi connectivity index (χ0v) is 23.0. The first-order chi connectivity index (χ1) is 20.0. The van der Waals surface area contributed by atoms with Crippen LogP contribution in [0.5, 0.6) is 0 Å². The van der Waals surface area contributed by atoms with E-state index in [0.29, 0.717) is 36.9 Å². The van der Waals surface area contributed by atoms with Gasteiger partial charge < -0.3 is 14.0 Å². The third-order valence-electron chi connectivity index (χ3n) is 7.53. The molecule has 0 spiro atoms. The predicted octanol–water partition coefficient (Wildman–Crippen LogP) is 6.77. The summed E-state index contributed by atoms with van der Waals surface area (Å²) in [5, 5.41) is 4.14. The van der Waals surface area contributed by atoms with Crippen molar-refractivity contribution in [3.8, 4) is 0 Å². The minimum atomic E-state index is -4.96. The van der Waals surface area contributed by atoms with Crippen LogP contribution in [0.4, 0.5) is 26.3 Å². The Kier molecular flexibility index (Phi) is 9.21. The number of aromatic nitrogens is 2. The van der Waals surface area contributed by atoms with Crippen molar-refractivity contribution in [2.45, 2.75) is 70.1 Å². The number of hydrogen-bond donors (Lipinski definition) is 0. The topological polar surface area (TPSA) is 63.9 Å². The van der Waals surface area contributed by atoms with E-state index in [1.165, 1.54) is 13.3 Å². The number of morpholine rings is 1. The SMILES string of the molecule is CC(OC1OCCN(Cc2nc(CN3CCCCC3)no2)C1c1ccccc1)c1cc(C(F)(F)F)cc(C(F)(F)F)c1. The zero-order valence-electron chi connectivity index (χ0n) is 23.0. The van der Waals surface area contributed by atoms with Crippen LogP contribution < -0.4 is 0 Å². The predicted molar refractivity (Wildman–Crippen MR) is 139 cm³/mol. The van der Waals surface area contributed by atoms with Gasteiger partial charge in [-0.1, -0.05) is 41.9 Å². The van der Waals surface area contributed by atoms with E-state index in [9.17, 15) is 26.3 Å². The van der Waals surface area contributed by atoms with E-state index < -0.39 is 41.9 Å². The van der Waals surface area contributed by atoms with Gasteiger partial charge in [-0.05, 0) is 62.2 Å². The second kappa shape index (κ2) is 12.7. The number of rotatable bonds is 8. The van der Waals surface area contributed by atoms with Crippen LogP contribution >= 0.6 is 0 Å². The van der Waals surface area contributed by atoms with E-state index in [-0.39, 0.29) is 24.8 Å². The average Bonchev–Trinajstić information content (AvgIpc) is 3.39. The molecule has 3 aromatic rings. The molecule has 13 heteroatoms. The molecule has 2 fully saturated rings. The van der Waals surface area contributed by atoms with E-state index in [1.807, 2.05) is 35.2 Å². The standard InChI is InChI=1S/C29H32F6N4O3/c1-19(21-14-22(28(30,31)32)16-23(15-21)29(33,34)35)41-27-26(20-8-4-2-5-9-20)39(12-13-40-27)18-25-36-24(37-42-25)17-38-10-6-3-7-11-38/h2,4-5,8-9,14-16,19,26-27H,3,6-7,10-13,17-18H2,1H3. The Balaban J connectivity index is 1.37. The fraction of sp³-hybridized carbons (Fsp3) is 0.517. The van der Waals surface area contributed by atoms with Crippen molar-refractivity contribution in [2.75, 3.05) is 26.2 Å². The van der Waals surface area contributed by atoms with E-state index >= 15 is 0 Å². The zero-order chi connectivity index (χ0) is 29.9. The molecule has 3 heterocycles. The van der Waals surface area contributed by atoms with Gasteiger partial charge in [0.1, 0.15) is 0 Å². The largest absolute Gasteiger partial charge is 0.416 e. The minimum Gasteiger partial charge on any atom is -0.349 e. The fourth-order valence-corrected chi connectivity index (χ4v) is 5.40. The molecule has 2 aliphatic heterocycles. The van der Waals surface area contributed by atoms with Crippen LogP contribution in [0.3, 0.4) is 0 Å². The molecule has 2 aromatic carbocycles. The Morgan fingerprint density at radius 2 is 1.57 bits per heavy atom. The smallest absolute Gasteiger partial charge is 0.349 e. The molecular weight excluding hydrogens is 566 g/mol. The summed E-state index contributed by atoms with van der Waals surface area (Å²) in [5.41, 5.74) is -2.26. The van der Waals surface area contributed by atoms with Crippen LogP contribution in [0, 0.1) is 0 Å². The van der Waals surface area contributed by atoms with Crippen molar-refractivity contribution in [1.29, 1.82) is 0 Å². The number of halogens is 6. The highest BCUT2D eigenvalue weighted by Crippen LogP contribution is 2.39. The lowest BCUT2D eigenvalue weighted by Crippen LogP contribution is -2.46. The van der Waals surface area contributed by atoms with Gasteiger partial charge in [-0.15, -0.1) is 0 Å². The first-order valence-electron chi connectivity index (χ1n) is 13.9. The summed E-state index contributed by atoms with van der Waals surface area (Å²) in [5.74, 6) is 0.979. The summed E-state index contributed by atoms with van der Waals surface area (Å²) in [6.45, 7) is 4.89. The highest BCUT2D eigenvalue weighted by atomic mass is 19.4. The van der Waals surface area contributed by atoms with Gasteiger partial charge >= 0.3 is 12.4 Å². The number of piperidine rings is 1. The van der Waals surface area contributed by atoms with Gasteiger partial charge in [0, 0.05) is 6.54 Å². The van der Waals surface area contributed by atoms with E-state index in [0.717, 1.165) is 31.5 Å². The normalized spacial score (nSPS) is 21.9. The summed E-state index contributed by atoms with van der Waals surface area (Å²) < 4.78 is 98.4. The van der Waals surface area contributed by atoms with Crippen molar-refractivity contribution in [3.63, 3.8) is 0 Å². The van der Waals surface area contributed by atoms with Gasteiger partial charge in [0.25, 0.3) is 0 Å². The first-order valence-corrected chi connectivity index (χ1v) is 13.9. The molecule has 0 aliphatic carbocycles. The summed E-state index contributed by atoms with van der Waals surface area (Å²) >= 11 is 0. The number of alkyl halides is 6. The Labute approximate surface area is 239 Å². The van der Waals surface area contributed by atoms with Gasteiger partial charge in [0.05, 0.1) is 43.0 Å². The Morgan fingerprint density at radius 1 is 0.905 bits per heavy atom. The second-order valence-electron chi connectivity index (χ2n) is 10.6. The fourth-order valence-electron chi connectivity index (χ4n) is 5.40.